The summed E-state index contributed by atoms with van der Waals surface area (Å²) in [7, 11) is 0. The van der Waals surface area contributed by atoms with Gasteiger partial charge in [0.25, 0.3) is 0 Å². The first kappa shape index (κ1) is 9.83. The van der Waals surface area contributed by atoms with Gasteiger partial charge in [0.2, 0.25) is 5.91 Å². The van der Waals surface area contributed by atoms with Crippen molar-refractivity contribution in [3.8, 4) is 0 Å². The highest BCUT2D eigenvalue weighted by Crippen LogP contribution is 1.97. The minimum Gasteiger partial charge on any atom is -0.355 e. The summed E-state index contributed by atoms with van der Waals surface area (Å²) in [6.07, 6.45) is 0.908. The van der Waals surface area contributed by atoms with Crippen molar-refractivity contribution >= 4 is 11.9 Å². The van der Waals surface area contributed by atoms with Crippen LogP contribution in [0.4, 0.5) is 4.79 Å². The molecule has 5 heteroatoms. The SMILES string of the molecule is CCNC(=O)CN1CCCNC1=O. The Labute approximate surface area is 77.5 Å². The van der Waals surface area contributed by atoms with Crippen LogP contribution in [0.25, 0.3) is 0 Å². The normalized spacial score (nSPS) is 16.7. The lowest BCUT2D eigenvalue weighted by molar-refractivity contribution is -0.121. The molecule has 13 heavy (non-hydrogen) atoms. The van der Waals surface area contributed by atoms with Gasteiger partial charge in [0.1, 0.15) is 6.54 Å². The Bertz CT molecular complexity index is 206. The molecule has 1 heterocycles. The molecule has 74 valence electrons. The number of likely N-dealkylation sites (N-methyl/N-ethyl adjacent to an activating group) is 1. The zero-order valence-corrected chi connectivity index (χ0v) is 7.80. The molecule has 1 saturated heterocycles. The first-order valence-corrected chi connectivity index (χ1v) is 4.53. The summed E-state index contributed by atoms with van der Waals surface area (Å²) in [5.41, 5.74) is 0. The number of amides is 3. The summed E-state index contributed by atoms with van der Waals surface area (Å²) in [4.78, 5) is 23.8. The van der Waals surface area contributed by atoms with E-state index in [2.05, 4.69) is 10.6 Å². The standard InChI is InChI=1S/C8H15N3O2/c1-2-9-7(12)6-11-5-3-4-10-8(11)13/h2-6H2,1H3,(H,9,12)(H,10,13). The zero-order chi connectivity index (χ0) is 9.68. The predicted octanol–water partition coefficient (Wildman–Crippen LogP) is -0.462. The van der Waals surface area contributed by atoms with Gasteiger partial charge >= 0.3 is 6.03 Å². The smallest absolute Gasteiger partial charge is 0.317 e. The maximum Gasteiger partial charge on any atom is 0.317 e. The summed E-state index contributed by atoms with van der Waals surface area (Å²) in [5, 5.41) is 5.34. The third kappa shape index (κ3) is 2.93. The van der Waals surface area contributed by atoms with Crippen LogP contribution < -0.4 is 10.6 Å². The Balaban J connectivity index is 2.33. The summed E-state index contributed by atoms with van der Waals surface area (Å²) in [6, 6.07) is -0.141. The molecule has 0 saturated carbocycles. The molecule has 3 amide bonds. The van der Waals surface area contributed by atoms with Crippen LogP contribution in [0.1, 0.15) is 13.3 Å². The third-order valence-corrected chi connectivity index (χ3v) is 1.88. The molecule has 0 bridgehead atoms. The molecule has 0 aliphatic carbocycles. The molecule has 2 N–H and O–H groups in total. The second-order valence-corrected chi connectivity index (χ2v) is 2.96. The second-order valence-electron chi connectivity index (χ2n) is 2.96. The van der Waals surface area contributed by atoms with Crippen LogP contribution in [0.2, 0.25) is 0 Å². The molecule has 5 nitrogen and oxygen atoms in total. The highest BCUT2D eigenvalue weighted by atomic mass is 16.2. The number of nitrogens with one attached hydrogen (secondary N) is 2. The summed E-state index contributed by atoms with van der Waals surface area (Å²) >= 11 is 0. The van der Waals surface area contributed by atoms with Crippen molar-refractivity contribution in [2.75, 3.05) is 26.2 Å². The lowest BCUT2D eigenvalue weighted by Crippen LogP contribution is -2.50. The molecule has 0 radical (unpaired) electrons. The minimum atomic E-state index is -0.141. The molecule has 1 aliphatic rings. The van der Waals surface area contributed by atoms with Crippen molar-refractivity contribution in [2.45, 2.75) is 13.3 Å². The lowest BCUT2D eigenvalue weighted by atomic mass is 10.3. The van der Waals surface area contributed by atoms with E-state index >= 15 is 0 Å². The number of hydrogen-bond donors (Lipinski definition) is 2. The molecule has 0 spiro atoms. The Hall–Kier alpha value is -1.26. The van der Waals surface area contributed by atoms with Gasteiger partial charge in [0.05, 0.1) is 0 Å². The van der Waals surface area contributed by atoms with E-state index in [1.807, 2.05) is 6.92 Å². The van der Waals surface area contributed by atoms with Gasteiger partial charge in [-0.2, -0.15) is 0 Å². The van der Waals surface area contributed by atoms with Crippen LogP contribution in [-0.4, -0.2) is 43.0 Å². The second kappa shape index (κ2) is 4.69. The topological polar surface area (TPSA) is 61.4 Å². The van der Waals surface area contributed by atoms with Crippen molar-refractivity contribution in [3.05, 3.63) is 0 Å². The maximum atomic E-state index is 11.2. The van der Waals surface area contributed by atoms with E-state index in [-0.39, 0.29) is 18.5 Å². The minimum absolute atomic E-state index is 0.0976. The van der Waals surface area contributed by atoms with Crippen molar-refractivity contribution in [1.82, 2.24) is 15.5 Å². The van der Waals surface area contributed by atoms with Crippen LogP contribution in [-0.2, 0) is 4.79 Å². The van der Waals surface area contributed by atoms with E-state index in [0.29, 0.717) is 19.6 Å². The van der Waals surface area contributed by atoms with Gasteiger partial charge in [-0.15, -0.1) is 0 Å². The molecule has 0 aromatic heterocycles. The fraction of sp³-hybridized carbons (Fsp3) is 0.750. The number of hydrogen-bond acceptors (Lipinski definition) is 2. The van der Waals surface area contributed by atoms with E-state index in [1.54, 1.807) is 0 Å². The number of nitrogens with zero attached hydrogens (tertiary/aromatic N) is 1. The van der Waals surface area contributed by atoms with E-state index in [9.17, 15) is 9.59 Å². The van der Waals surface area contributed by atoms with Crippen LogP contribution in [0.3, 0.4) is 0 Å². The number of urea groups is 1. The lowest BCUT2D eigenvalue weighted by Gasteiger charge is -2.26. The fourth-order valence-electron chi connectivity index (χ4n) is 1.26. The van der Waals surface area contributed by atoms with Crippen LogP contribution in [0.5, 0.6) is 0 Å². The number of rotatable bonds is 3. The van der Waals surface area contributed by atoms with Crippen LogP contribution in [0, 0.1) is 0 Å². The van der Waals surface area contributed by atoms with E-state index < -0.39 is 0 Å². The van der Waals surface area contributed by atoms with E-state index in [4.69, 9.17) is 0 Å². The largest absolute Gasteiger partial charge is 0.355 e. The Kier molecular flexibility index (Phi) is 3.54. The highest BCUT2D eigenvalue weighted by Gasteiger charge is 2.19. The third-order valence-electron chi connectivity index (χ3n) is 1.88. The van der Waals surface area contributed by atoms with Crippen molar-refractivity contribution in [2.24, 2.45) is 0 Å². The van der Waals surface area contributed by atoms with Gasteiger partial charge in [-0.1, -0.05) is 0 Å². The predicted molar refractivity (Wildman–Crippen MR) is 48.3 cm³/mol. The molecule has 0 unspecified atom stereocenters. The average Bonchev–Trinajstić information content (AvgIpc) is 2.09. The first-order valence-electron chi connectivity index (χ1n) is 4.53. The molecule has 1 aliphatic heterocycles. The van der Waals surface area contributed by atoms with Gasteiger partial charge in [-0.25, -0.2) is 4.79 Å². The molecule has 0 aromatic rings. The van der Waals surface area contributed by atoms with Gasteiger partial charge < -0.3 is 15.5 Å². The highest BCUT2D eigenvalue weighted by molar-refractivity contribution is 5.84. The molecule has 0 atom stereocenters. The molecular weight excluding hydrogens is 170 g/mol. The number of carbonyl (C=O) groups excluding carboxylic acids is 2. The maximum absolute atomic E-state index is 11.2. The summed E-state index contributed by atoms with van der Waals surface area (Å²) in [5.74, 6) is -0.0976. The van der Waals surface area contributed by atoms with Crippen LogP contribution >= 0.6 is 0 Å². The molecular formula is C8H15N3O2. The first-order chi connectivity index (χ1) is 6.24. The average molecular weight is 185 g/mol. The van der Waals surface area contributed by atoms with Crippen LogP contribution in [0.15, 0.2) is 0 Å². The number of carbonyl (C=O) groups is 2. The molecule has 0 aromatic carbocycles. The van der Waals surface area contributed by atoms with E-state index in [0.717, 1.165) is 6.42 Å². The van der Waals surface area contributed by atoms with E-state index in [1.165, 1.54) is 4.90 Å². The van der Waals surface area contributed by atoms with Gasteiger partial charge in [0.15, 0.2) is 0 Å². The summed E-state index contributed by atoms with van der Waals surface area (Å²) in [6.45, 7) is 4.01. The van der Waals surface area contributed by atoms with Crippen molar-refractivity contribution < 1.29 is 9.59 Å². The Morgan fingerprint density at radius 1 is 1.69 bits per heavy atom. The molecule has 1 fully saturated rings. The quantitative estimate of drug-likeness (QED) is 0.625. The Morgan fingerprint density at radius 2 is 2.46 bits per heavy atom. The Morgan fingerprint density at radius 3 is 3.08 bits per heavy atom. The van der Waals surface area contributed by atoms with Gasteiger partial charge in [-0.3, -0.25) is 4.79 Å². The van der Waals surface area contributed by atoms with Crippen molar-refractivity contribution in [1.29, 1.82) is 0 Å². The zero-order valence-electron chi connectivity index (χ0n) is 7.80. The van der Waals surface area contributed by atoms with Gasteiger partial charge in [-0.05, 0) is 13.3 Å². The van der Waals surface area contributed by atoms with Gasteiger partial charge in [0, 0.05) is 19.6 Å². The van der Waals surface area contributed by atoms with Crippen molar-refractivity contribution in [3.63, 3.8) is 0 Å². The fourth-order valence-corrected chi connectivity index (χ4v) is 1.26. The monoisotopic (exact) mass is 185 g/mol. The molecule has 1 rings (SSSR count). The summed E-state index contributed by atoms with van der Waals surface area (Å²) < 4.78 is 0.